The van der Waals surface area contributed by atoms with Crippen molar-refractivity contribution >= 4 is 32.6 Å². The maximum Gasteiger partial charge on any atom is 0.238 e. The van der Waals surface area contributed by atoms with Crippen LogP contribution in [0.1, 0.15) is 22.3 Å². The molecule has 0 saturated carbocycles. The fraction of sp³-hybridized carbons (Fsp3) is 0.0182. The van der Waals surface area contributed by atoms with Crippen LogP contribution in [-0.2, 0) is 5.41 Å². The van der Waals surface area contributed by atoms with Crippen molar-refractivity contribution in [2.45, 2.75) is 5.41 Å². The third kappa shape index (κ3) is 4.99. The first-order valence-electron chi connectivity index (χ1n) is 20.3. The van der Waals surface area contributed by atoms with Gasteiger partial charge in [-0.15, -0.1) is 0 Å². The highest BCUT2D eigenvalue weighted by Crippen LogP contribution is 2.58. The highest BCUT2D eigenvalue weighted by atomic mass is 15.2. The smallest absolute Gasteiger partial charge is 0.238 e. The quantitative estimate of drug-likeness (QED) is 0.169. The zero-order valence-corrected chi connectivity index (χ0v) is 32.4. The molecule has 11 aromatic rings. The van der Waals surface area contributed by atoms with Crippen molar-refractivity contribution in [3.8, 4) is 51.0 Å². The second-order valence-corrected chi connectivity index (χ2v) is 15.4. The summed E-state index contributed by atoms with van der Waals surface area (Å²) in [5, 5.41) is 4.66. The molecule has 0 amide bonds. The molecule has 0 aliphatic heterocycles. The van der Waals surface area contributed by atoms with Gasteiger partial charge in [0.2, 0.25) is 5.95 Å². The number of benzene rings is 8. The summed E-state index contributed by atoms with van der Waals surface area (Å²) in [6, 6.07) is 71.1. The molecule has 5 nitrogen and oxygen atoms in total. The van der Waals surface area contributed by atoms with Crippen LogP contribution in [0.15, 0.2) is 213 Å². The SMILES string of the molecule is c1ccc(-c2nc(-c3ccccc3)nc(-n3c4ccccc4c4c5ccccc5c(-c5cccc6c5-c5ccccc5C6(c5ccccc5)c5cccnc5)cc43)n2)cc1. The van der Waals surface area contributed by atoms with Gasteiger partial charge in [-0.25, -0.2) is 4.98 Å². The van der Waals surface area contributed by atoms with Crippen molar-refractivity contribution < 1.29 is 0 Å². The third-order valence-corrected chi connectivity index (χ3v) is 12.2. The molecule has 8 aromatic carbocycles. The number of aromatic nitrogens is 5. The Hall–Kier alpha value is -8.02. The Morgan fingerprint density at radius 3 is 1.70 bits per heavy atom. The van der Waals surface area contributed by atoms with Crippen LogP contribution in [-0.4, -0.2) is 24.5 Å². The highest BCUT2D eigenvalue weighted by molar-refractivity contribution is 6.24. The van der Waals surface area contributed by atoms with Gasteiger partial charge in [0.1, 0.15) is 0 Å². The maximum absolute atomic E-state index is 5.26. The number of fused-ring (bicyclic) bond motifs is 8. The molecule has 1 aliphatic rings. The number of rotatable bonds is 6. The van der Waals surface area contributed by atoms with Gasteiger partial charge < -0.3 is 0 Å². The van der Waals surface area contributed by atoms with Gasteiger partial charge in [-0.05, 0) is 73.5 Å². The van der Waals surface area contributed by atoms with E-state index < -0.39 is 5.41 Å². The van der Waals surface area contributed by atoms with Crippen LogP contribution in [0.2, 0.25) is 0 Å². The Labute approximate surface area is 347 Å². The van der Waals surface area contributed by atoms with Gasteiger partial charge in [-0.2, -0.15) is 9.97 Å². The predicted molar refractivity (Wildman–Crippen MR) is 243 cm³/mol. The summed E-state index contributed by atoms with van der Waals surface area (Å²) in [6.45, 7) is 0. The first kappa shape index (κ1) is 34.1. The molecule has 60 heavy (non-hydrogen) atoms. The van der Waals surface area contributed by atoms with Gasteiger partial charge >= 0.3 is 0 Å². The minimum atomic E-state index is -0.571. The summed E-state index contributed by atoms with van der Waals surface area (Å²) < 4.78 is 2.24. The molecule has 0 N–H and O–H groups in total. The normalized spacial score (nSPS) is 14.4. The summed E-state index contributed by atoms with van der Waals surface area (Å²) in [5.74, 6) is 1.81. The van der Waals surface area contributed by atoms with E-state index in [2.05, 4.69) is 168 Å². The van der Waals surface area contributed by atoms with Crippen LogP contribution in [0.5, 0.6) is 0 Å². The van der Waals surface area contributed by atoms with Crippen molar-refractivity contribution in [1.29, 1.82) is 0 Å². The van der Waals surface area contributed by atoms with Gasteiger partial charge in [0.25, 0.3) is 0 Å². The molecular weight excluding hydrogens is 731 g/mol. The Kier molecular flexibility index (Phi) is 7.69. The van der Waals surface area contributed by atoms with E-state index >= 15 is 0 Å². The van der Waals surface area contributed by atoms with Crippen LogP contribution >= 0.6 is 0 Å². The number of para-hydroxylation sites is 1. The number of pyridine rings is 1. The Morgan fingerprint density at radius 1 is 0.400 bits per heavy atom. The van der Waals surface area contributed by atoms with E-state index in [0.29, 0.717) is 17.6 Å². The monoisotopic (exact) mass is 765 g/mol. The molecule has 5 heteroatoms. The van der Waals surface area contributed by atoms with Gasteiger partial charge in [0.05, 0.1) is 16.4 Å². The van der Waals surface area contributed by atoms with Crippen LogP contribution < -0.4 is 0 Å². The molecule has 0 fully saturated rings. The molecule has 3 heterocycles. The van der Waals surface area contributed by atoms with Gasteiger partial charge in [-0.3, -0.25) is 9.55 Å². The fourth-order valence-electron chi connectivity index (χ4n) is 9.78. The average Bonchev–Trinajstić information content (AvgIpc) is 3.83. The van der Waals surface area contributed by atoms with E-state index in [9.17, 15) is 0 Å². The fourth-order valence-corrected chi connectivity index (χ4v) is 9.78. The zero-order valence-electron chi connectivity index (χ0n) is 32.4. The van der Waals surface area contributed by atoms with Crippen LogP contribution in [0, 0.1) is 0 Å². The average molecular weight is 766 g/mol. The lowest BCUT2D eigenvalue weighted by molar-refractivity contribution is 0.763. The summed E-state index contributed by atoms with van der Waals surface area (Å²) in [4.78, 5) is 20.3. The maximum atomic E-state index is 5.26. The summed E-state index contributed by atoms with van der Waals surface area (Å²) >= 11 is 0. The van der Waals surface area contributed by atoms with Gasteiger partial charge in [0.15, 0.2) is 11.6 Å². The minimum Gasteiger partial charge on any atom is -0.278 e. The Balaban J connectivity index is 1.20. The van der Waals surface area contributed by atoms with Crippen LogP contribution in [0.4, 0.5) is 0 Å². The first-order chi connectivity index (χ1) is 29.8. The lowest BCUT2D eigenvalue weighted by Crippen LogP contribution is -2.28. The Morgan fingerprint density at radius 2 is 0.983 bits per heavy atom. The largest absolute Gasteiger partial charge is 0.278 e. The van der Waals surface area contributed by atoms with E-state index in [4.69, 9.17) is 19.9 Å². The van der Waals surface area contributed by atoms with Crippen molar-refractivity contribution in [3.05, 3.63) is 235 Å². The lowest BCUT2D eigenvalue weighted by Gasteiger charge is -2.33. The molecule has 0 spiro atoms. The van der Waals surface area contributed by atoms with Crippen molar-refractivity contribution in [1.82, 2.24) is 24.5 Å². The zero-order chi connectivity index (χ0) is 39.6. The van der Waals surface area contributed by atoms with E-state index in [0.717, 1.165) is 44.1 Å². The van der Waals surface area contributed by atoms with E-state index in [-0.39, 0.29) is 0 Å². The topological polar surface area (TPSA) is 56.5 Å². The molecule has 280 valence electrons. The highest BCUT2D eigenvalue weighted by Gasteiger charge is 2.47. The van der Waals surface area contributed by atoms with Crippen molar-refractivity contribution in [2.75, 3.05) is 0 Å². The predicted octanol–water partition coefficient (Wildman–Crippen LogP) is 12.9. The molecule has 1 unspecified atom stereocenters. The standard InChI is InChI=1S/C55H35N5/c1-4-18-36(19-5-1)52-57-53(37-20-6-2-7-21-37)59-54(58-52)60-48-32-15-13-28-44(48)51-41-26-11-10-25-40(41)45(34-49(51)60)42-29-16-31-47-50(42)43-27-12-14-30-46(43)55(47,38-22-8-3-9-23-38)39-24-17-33-56-35-39/h1-35H. The summed E-state index contributed by atoms with van der Waals surface area (Å²) in [5.41, 5.74) is 12.9. The number of hydrogen-bond acceptors (Lipinski definition) is 4. The van der Waals surface area contributed by atoms with Gasteiger partial charge in [-0.1, -0.05) is 182 Å². The van der Waals surface area contributed by atoms with E-state index in [1.165, 1.54) is 44.2 Å². The molecule has 3 aromatic heterocycles. The number of nitrogens with zero attached hydrogens (tertiary/aromatic N) is 5. The molecular formula is C55H35N5. The second kappa shape index (κ2) is 13.5. The summed E-state index contributed by atoms with van der Waals surface area (Å²) in [6.07, 6.45) is 3.90. The van der Waals surface area contributed by atoms with E-state index in [1.54, 1.807) is 0 Å². The molecule has 0 radical (unpaired) electrons. The molecule has 12 rings (SSSR count). The molecule has 0 saturated heterocycles. The third-order valence-electron chi connectivity index (χ3n) is 12.2. The first-order valence-corrected chi connectivity index (χ1v) is 20.3. The summed E-state index contributed by atoms with van der Waals surface area (Å²) in [7, 11) is 0. The second-order valence-electron chi connectivity index (χ2n) is 15.4. The van der Waals surface area contributed by atoms with Crippen LogP contribution in [0.25, 0.3) is 83.6 Å². The Bertz CT molecular complexity index is 3320. The van der Waals surface area contributed by atoms with Crippen molar-refractivity contribution in [2.24, 2.45) is 0 Å². The lowest BCUT2D eigenvalue weighted by atomic mass is 9.68. The van der Waals surface area contributed by atoms with Gasteiger partial charge in [0, 0.05) is 34.3 Å². The molecule has 1 aliphatic carbocycles. The van der Waals surface area contributed by atoms with E-state index in [1.807, 2.05) is 48.8 Å². The number of hydrogen-bond donors (Lipinski definition) is 0. The molecule has 1 atom stereocenters. The van der Waals surface area contributed by atoms with Crippen molar-refractivity contribution in [3.63, 3.8) is 0 Å². The minimum absolute atomic E-state index is 0.568. The van der Waals surface area contributed by atoms with Crippen LogP contribution in [0.3, 0.4) is 0 Å². The molecule has 0 bridgehead atoms.